The third kappa shape index (κ3) is 4.42. The van der Waals surface area contributed by atoms with Gasteiger partial charge >= 0.3 is 0 Å². The maximum absolute atomic E-state index is 4.84. The molecule has 0 unspecified atom stereocenters. The van der Waals surface area contributed by atoms with Gasteiger partial charge in [0, 0.05) is 12.2 Å². The number of allylic oxidation sites excluding steroid dienone is 2. The van der Waals surface area contributed by atoms with E-state index in [1.807, 2.05) is 0 Å². The quantitative estimate of drug-likeness (QED) is 0.316. The maximum Gasteiger partial charge on any atom is 0.0383 e. The average Bonchev–Trinajstić information content (AvgIpc) is 1.81. The van der Waals surface area contributed by atoms with Crippen LogP contribution < -0.4 is 0 Å². The molecule has 0 radical (unpaired) electrons. The number of hydrogen-bond acceptors (Lipinski definition) is 0. The highest BCUT2D eigenvalue weighted by Crippen LogP contribution is 1.59. The molecule has 0 atom stereocenters. The van der Waals surface area contributed by atoms with E-state index in [0.29, 0.717) is 0 Å². The largest absolute Gasteiger partial charge is 0.115 e. The third-order valence-electron chi connectivity index (χ3n) is 0.394. The van der Waals surface area contributed by atoms with Crippen molar-refractivity contribution in [1.82, 2.24) is 0 Å². The van der Waals surface area contributed by atoms with Crippen molar-refractivity contribution in [3.63, 3.8) is 0 Å². The molecule has 0 aliphatic carbocycles. The Morgan fingerprint density at radius 1 is 0.875 bits per heavy atom. The Morgan fingerprint density at radius 2 is 1.25 bits per heavy atom. The zero-order valence-electron chi connectivity index (χ0n) is 4.31. The predicted octanol–water partition coefficient (Wildman–Crippen LogP) is 1.12. The fourth-order valence-electron chi connectivity index (χ4n) is 0.167. The summed E-state index contributed by atoms with van der Waals surface area (Å²) in [6.07, 6.45) is 12.5. The molecule has 8 heavy (non-hydrogen) atoms. The van der Waals surface area contributed by atoms with Crippen LogP contribution in [0.25, 0.3) is 0 Å². The highest BCUT2D eigenvalue weighted by Gasteiger charge is 1.44. The summed E-state index contributed by atoms with van der Waals surface area (Å²) in [5.74, 6) is 4.48. The Kier molecular flexibility index (Phi) is 4.35. The summed E-state index contributed by atoms with van der Waals surface area (Å²) in [4.78, 5) is 0. The lowest BCUT2D eigenvalue weighted by molar-refractivity contribution is 2.13. The van der Waals surface area contributed by atoms with Crippen molar-refractivity contribution in [2.45, 2.75) is 0 Å². The molecule has 0 aromatic heterocycles. The van der Waals surface area contributed by atoms with Crippen LogP contribution in [0.3, 0.4) is 0 Å². The second kappa shape index (κ2) is 5.42. The summed E-state index contributed by atoms with van der Waals surface area (Å²) in [5, 5.41) is 0. The minimum atomic E-state index is 1.40. The second-order valence-corrected chi connectivity index (χ2v) is 0.911. The van der Waals surface area contributed by atoms with Crippen LogP contribution in [0.1, 0.15) is 0 Å². The van der Waals surface area contributed by atoms with E-state index in [2.05, 4.69) is 23.3 Å². The molecule has 0 N–H and O–H groups in total. The van der Waals surface area contributed by atoms with E-state index in [9.17, 15) is 0 Å². The first-order valence-electron chi connectivity index (χ1n) is 1.98. The molecule has 0 bridgehead atoms. The summed E-state index contributed by atoms with van der Waals surface area (Å²) in [6, 6.07) is 0. The third-order valence-corrected chi connectivity index (χ3v) is 0.394. The van der Waals surface area contributed by atoms with Crippen molar-refractivity contribution in [1.29, 1.82) is 0 Å². The fraction of sp³-hybridized carbons (Fsp3) is 0. The van der Waals surface area contributed by atoms with Crippen LogP contribution in [-0.4, -0.2) is 0 Å². The van der Waals surface area contributed by atoms with Gasteiger partial charge in [0.1, 0.15) is 0 Å². The molecule has 0 saturated heterocycles. The Bertz CT molecular complexity index is 192. The number of rotatable bonds is 0. The van der Waals surface area contributed by atoms with Crippen LogP contribution in [0.15, 0.2) is 23.6 Å². The van der Waals surface area contributed by atoms with Crippen molar-refractivity contribution in [2.24, 2.45) is 0 Å². The van der Waals surface area contributed by atoms with Crippen LogP contribution in [-0.2, 0) is 0 Å². The highest BCUT2D eigenvalue weighted by molar-refractivity contribution is 5.12. The van der Waals surface area contributed by atoms with E-state index >= 15 is 0 Å². The van der Waals surface area contributed by atoms with Crippen molar-refractivity contribution < 1.29 is 0 Å². The van der Waals surface area contributed by atoms with Gasteiger partial charge in [-0.15, -0.1) is 12.8 Å². The topological polar surface area (TPSA) is 0 Å². The summed E-state index contributed by atoms with van der Waals surface area (Å²) >= 11 is 0. The first kappa shape index (κ1) is 6.42. The van der Waals surface area contributed by atoms with E-state index in [1.54, 1.807) is 0 Å². The van der Waals surface area contributed by atoms with E-state index in [0.717, 1.165) is 0 Å². The standard InChI is InChI=1S/C8H4/c1-3-5-7-8-6-4-2/h1-2,5-6H. The molecule has 0 aliphatic rings. The normalized spacial score (nSPS) is 4.25. The monoisotopic (exact) mass is 100 g/mol. The van der Waals surface area contributed by atoms with Crippen molar-refractivity contribution in [3.05, 3.63) is 23.6 Å². The van der Waals surface area contributed by atoms with Crippen molar-refractivity contribution in [2.75, 3.05) is 0 Å². The van der Waals surface area contributed by atoms with E-state index in [4.69, 9.17) is 12.8 Å². The predicted molar refractivity (Wildman–Crippen MR) is 33.8 cm³/mol. The average molecular weight is 100 g/mol. The molecular weight excluding hydrogens is 96.1 g/mol. The first-order chi connectivity index (χ1) is 3.91. The summed E-state index contributed by atoms with van der Waals surface area (Å²) in [7, 11) is 0. The van der Waals surface area contributed by atoms with Crippen molar-refractivity contribution >= 4 is 0 Å². The minimum absolute atomic E-state index is 1.40. The highest BCUT2D eigenvalue weighted by atomic mass is 13.5. The molecule has 0 amide bonds. The molecule has 0 heteroatoms. The van der Waals surface area contributed by atoms with Gasteiger partial charge < -0.3 is 0 Å². The molecule has 0 aliphatic heterocycles. The van der Waals surface area contributed by atoms with Gasteiger partial charge in [-0.05, 0) is 0 Å². The zero-order valence-corrected chi connectivity index (χ0v) is 4.31. The van der Waals surface area contributed by atoms with Crippen LogP contribution in [0, 0.1) is 24.7 Å². The molecule has 0 aromatic rings. The first-order valence-corrected chi connectivity index (χ1v) is 1.98. The lowest BCUT2D eigenvalue weighted by atomic mass is 10.5. The van der Waals surface area contributed by atoms with Gasteiger partial charge in [0.25, 0.3) is 0 Å². The maximum atomic E-state index is 4.84. The molecule has 0 rings (SSSR count). The number of hydrogen-bond donors (Lipinski definition) is 0. The molecule has 0 saturated carbocycles. The Balaban J connectivity index is 4.12. The van der Waals surface area contributed by atoms with Gasteiger partial charge in [0.2, 0.25) is 0 Å². The molecule has 0 aromatic carbocycles. The Morgan fingerprint density at radius 3 is 1.50 bits per heavy atom. The zero-order chi connectivity index (χ0) is 6.24. The van der Waals surface area contributed by atoms with Gasteiger partial charge in [0.15, 0.2) is 0 Å². The summed E-state index contributed by atoms with van der Waals surface area (Å²) < 4.78 is 0. The van der Waals surface area contributed by atoms with Crippen LogP contribution in [0.2, 0.25) is 0 Å². The molecule has 0 fully saturated rings. The molecule has 0 heterocycles. The van der Waals surface area contributed by atoms with Gasteiger partial charge in [-0.1, -0.05) is 23.3 Å². The van der Waals surface area contributed by atoms with Gasteiger partial charge in [-0.25, -0.2) is 0 Å². The SMILES string of the molecule is C#CC=C=C=CC#C. The molecular formula is C8H4. The van der Waals surface area contributed by atoms with Gasteiger partial charge in [-0.2, -0.15) is 0 Å². The van der Waals surface area contributed by atoms with Crippen LogP contribution in [0.4, 0.5) is 0 Å². The molecule has 0 spiro atoms. The van der Waals surface area contributed by atoms with Crippen LogP contribution in [0.5, 0.6) is 0 Å². The lowest BCUT2D eigenvalue weighted by Gasteiger charge is -1.49. The van der Waals surface area contributed by atoms with Crippen LogP contribution >= 0.6 is 0 Å². The molecule has 36 valence electrons. The second-order valence-electron chi connectivity index (χ2n) is 0.911. The van der Waals surface area contributed by atoms with E-state index < -0.39 is 0 Å². The lowest BCUT2D eigenvalue weighted by Crippen LogP contribution is -1.36. The summed E-state index contributed by atoms with van der Waals surface area (Å²) in [6.45, 7) is 0. The fourth-order valence-corrected chi connectivity index (χ4v) is 0.167. The number of terminal acetylenes is 2. The Labute approximate surface area is 49.2 Å². The minimum Gasteiger partial charge on any atom is -0.115 e. The smallest absolute Gasteiger partial charge is 0.0383 e. The van der Waals surface area contributed by atoms with Gasteiger partial charge in [-0.3, -0.25) is 0 Å². The Hall–Kier alpha value is -1.58. The van der Waals surface area contributed by atoms with Crippen molar-refractivity contribution in [3.8, 4) is 24.7 Å². The molecule has 0 nitrogen and oxygen atoms in total. The van der Waals surface area contributed by atoms with E-state index in [-0.39, 0.29) is 0 Å². The summed E-state index contributed by atoms with van der Waals surface area (Å²) in [5.41, 5.74) is 5.05. The van der Waals surface area contributed by atoms with E-state index in [1.165, 1.54) is 12.2 Å². The van der Waals surface area contributed by atoms with Gasteiger partial charge in [0.05, 0.1) is 0 Å².